The minimum atomic E-state index is -0.875. The molecule has 3 unspecified atom stereocenters. The molecule has 0 aliphatic carbocycles. The van der Waals surface area contributed by atoms with Crippen LogP contribution in [0, 0.1) is 11.8 Å². The Morgan fingerprint density at radius 3 is 2.54 bits per heavy atom. The maximum Gasteiger partial charge on any atom is 0.317 e. The number of pyridine rings is 1. The highest BCUT2D eigenvalue weighted by molar-refractivity contribution is 5.77. The average molecular weight is 383 g/mol. The number of nitrogens with zero attached hydrogens (tertiary/aromatic N) is 2. The number of carboxylic acid groups (broad SMARTS) is 1. The molecule has 3 rings (SSSR count). The summed E-state index contributed by atoms with van der Waals surface area (Å²) in [6, 6.07) is 13.7. The Hall–Kier alpha value is -3.09. The SMILES string of the molecule is CC1CC(C(=O)O)CN(C(=O)NC(Cn2ccccc2=O)c2ccccc2)C1. The lowest BCUT2D eigenvalue weighted by Gasteiger charge is -2.35. The molecule has 1 saturated heterocycles. The van der Waals surface area contributed by atoms with Gasteiger partial charge < -0.3 is 19.9 Å². The van der Waals surface area contributed by atoms with E-state index in [1.165, 1.54) is 6.07 Å². The van der Waals surface area contributed by atoms with Crippen LogP contribution in [0.2, 0.25) is 0 Å². The van der Waals surface area contributed by atoms with Crippen LogP contribution in [0.1, 0.15) is 24.9 Å². The number of likely N-dealkylation sites (tertiary alicyclic amines) is 1. The fourth-order valence-electron chi connectivity index (χ4n) is 3.66. The number of carboxylic acids is 1. The molecule has 2 N–H and O–H groups in total. The summed E-state index contributed by atoms with van der Waals surface area (Å²) in [4.78, 5) is 38.0. The van der Waals surface area contributed by atoms with Crippen LogP contribution in [-0.4, -0.2) is 39.7 Å². The molecule has 1 fully saturated rings. The summed E-state index contributed by atoms with van der Waals surface area (Å²) in [5.74, 6) is -1.31. The Bertz CT molecular complexity index is 880. The van der Waals surface area contributed by atoms with Gasteiger partial charge in [0.15, 0.2) is 0 Å². The highest BCUT2D eigenvalue weighted by atomic mass is 16.4. The number of aliphatic carboxylic acids is 1. The largest absolute Gasteiger partial charge is 0.481 e. The number of rotatable bonds is 5. The lowest BCUT2D eigenvalue weighted by molar-refractivity contribution is -0.143. The zero-order valence-electron chi connectivity index (χ0n) is 15.8. The number of carbonyl (C=O) groups excluding carboxylic acids is 1. The van der Waals surface area contributed by atoms with E-state index in [0.29, 0.717) is 19.5 Å². The summed E-state index contributed by atoms with van der Waals surface area (Å²) < 4.78 is 1.55. The molecule has 28 heavy (non-hydrogen) atoms. The number of urea groups is 1. The molecule has 1 aromatic heterocycles. The van der Waals surface area contributed by atoms with Crippen LogP contribution in [-0.2, 0) is 11.3 Å². The van der Waals surface area contributed by atoms with E-state index in [4.69, 9.17) is 0 Å². The first-order chi connectivity index (χ1) is 13.4. The number of hydrogen-bond donors (Lipinski definition) is 2. The van der Waals surface area contributed by atoms with E-state index in [-0.39, 0.29) is 24.1 Å². The first-order valence-corrected chi connectivity index (χ1v) is 9.42. The predicted molar refractivity (Wildman–Crippen MR) is 105 cm³/mol. The molecule has 0 saturated carbocycles. The molecule has 0 spiro atoms. The van der Waals surface area contributed by atoms with Gasteiger partial charge in [0.2, 0.25) is 0 Å². The molecule has 0 radical (unpaired) electrons. The third kappa shape index (κ3) is 4.79. The second-order valence-electron chi connectivity index (χ2n) is 7.39. The highest BCUT2D eigenvalue weighted by Gasteiger charge is 2.32. The van der Waals surface area contributed by atoms with Crippen LogP contribution in [0.25, 0.3) is 0 Å². The van der Waals surface area contributed by atoms with Gasteiger partial charge in [-0.25, -0.2) is 4.79 Å². The predicted octanol–water partition coefficient (Wildman–Crippen LogP) is 2.34. The van der Waals surface area contributed by atoms with Crippen LogP contribution in [0.3, 0.4) is 0 Å². The van der Waals surface area contributed by atoms with Crippen molar-refractivity contribution in [3.63, 3.8) is 0 Å². The standard InChI is InChI=1S/C21H25N3O4/c1-15-11-17(20(26)27)13-24(12-15)21(28)22-18(16-7-3-2-4-8-16)14-23-10-6-5-9-19(23)25/h2-10,15,17-18H,11-14H2,1H3,(H,22,28)(H,26,27). The zero-order chi connectivity index (χ0) is 20.1. The van der Waals surface area contributed by atoms with E-state index in [9.17, 15) is 19.5 Å². The van der Waals surface area contributed by atoms with Crippen molar-refractivity contribution in [2.75, 3.05) is 13.1 Å². The number of nitrogens with one attached hydrogen (secondary N) is 1. The van der Waals surface area contributed by atoms with E-state index in [1.54, 1.807) is 27.8 Å². The molecule has 1 aromatic carbocycles. The Labute approximate surface area is 163 Å². The van der Waals surface area contributed by atoms with Gasteiger partial charge in [-0.05, 0) is 24.0 Å². The van der Waals surface area contributed by atoms with E-state index in [2.05, 4.69) is 5.32 Å². The normalized spacial score (nSPS) is 20.4. The molecular weight excluding hydrogens is 358 g/mol. The van der Waals surface area contributed by atoms with Gasteiger partial charge >= 0.3 is 12.0 Å². The zero-order valence-corrected chi connectivity index (χ0v) is 15.8. The van der Waals surface area contributed by atoms with Crippen molar-refractivity contribution in [2.24, 2.45) is 11.8 Å². The van der Waals surface area contributed by atoms with E-state index in [0.717, 1.165) is 5.56 Å². The van der Waals surface area contributed by atoms with Gasteiger partial charge in [0.25, 0.3) is 5.56 Å². The second-order valence-corrected chi connectivity index (χ2v) is 7.39. The molecule has 7 heteroatoms. The summed E-state index contributed by atoms with van der Waals surface area (Å²) in [5.41, 5.74) is 0.738. The van der Waals surface area contributed by atoms with Gasteiger partial charge in [0.05, 0.1) is 18.5 Å². The van der Waals surface area contributed by atoms with Crippen molar-refractivity contribution in [3.05, 3.63) is 70.6 Å². The summed E-state index contributed by atoms with van der Waals surface area (Å²) in [6.07, 6.45) is 2.26. The Morgan fingerprint density at radius 2 is 1.86 bits per heavy atom. The molecule has 3 atom stereocenters. The van der Waals surface area contributed by atoms with Crippen molar-refractivity contribution in [2.45, 2.75) is 25.9 Å². The quantitative estimate of drug-likeness (QED) is 0.829. The van der Waals surface area contributed by atoms with Crippen molar-refractivity contribution in [3.8, 4) is 0 Å². The van der Waals surface area contributed by atoms with E-state index < -0.39 is 17.9 Å². The topological polar surface area (TPSA) is 91.6 Å². The molecule has 1 aliphatic rings. The van der Waals surface area contributed by atoms with Gasteiger partial charge in [-0.15, -0.1) is 0 Å². The van der Waals surface area contributed by atoms with Crippen molar-refractivity contribution < 1.29 is 14.7 Å². The number of amides is 2. The smallest absolute Gasteiger partial charge is 0.317 e. The van der Waals surface area contributed by atoms with E-state index >= 15 is 0 Å². The van der Waals surface area contributed by atoms with E-state index in [1.807, 2.05) is 37.3 Å². The lowest BCUT2D eigenvalue weighted by atomic mass is 9.91. The van der Waals surface area contributed by atoms with Crippen LogP contribution in [0.15, 0.2) is 59.5 Å². The number of hydrogen-bond acceptors (Lipinski definition) is 3. The Morgan fingerprint density at radius 1 is 1.14 bits per heavy atom. The van der Waals surface area contributed by atoms with Gasteiger partial charge in [0, 0.05) is 25.4 Å². The van der Waals surface area contributed by atoms with Crippen molar-refractivity contribution in [1.82, 2.24) is 14.8 Å². The van der Waals surface area contributed by atoms with Crippen LogP contribution < -0.4 is 10.9 Å². The molecule has 7 nitrogen and oxygen atoms in total. The summed E-state index contributed by atoms with van der Waals surface area (Å²) in [5, 5.41) is 12.3. The van der Waals surface area contributed by atoms with Crippen molar-refractivity contribution in [1.29, 1.82) is 0 Å². The summed E-state index contributed by atoms with van der Waals surface area (Å²) in [6.45, 7) is 2.95. The summed E-state index contributed by atoms with van der Waals surface area (Å²) in [7, 11) is 0. The molecular formula is C21H25N3O4. The minimum Gasteiger partial charge on any atom is -0.481 e. The fraction of sp³-hybridized carbons (Fsp3) is 0.381. The van der Waals surface area contributed by atoms with Crippen LogP contribution in [0.5, 0.6) is 0 Å². The number of aromatic nitrogens is 1. The second kappa shape index (κ2) is 8.73. The fourth-order valence-corrected chi connectivity index (χ4v) is 3.66. The van der Waals surface area contributed by atoms with Gasteiger partial charge in [-0.3, -0.25) is 9.59 Å². The maximum absolute atomic E-state index is 12.9. The first kappa shape index (κ1) is 19.7. The van der Waals surface area contributed by atoms with Gasteiger partial charge in [0.1, 0.15) is 0 Å². The minimum absolute atomic E-state index is 0.118. The maximum atomic E-state index is 12.9. The lowest BCUT2D eigenvalue weighted by Crippen LogP contribution is -2.50. The van der Waals surface area contributed by atoms with Crippen LogP contribution in [0.4, 0.5) is 4.79 Å². The van der Waals surface area contributed by atoms with Gasteiger partial charge in [-0.1, -0.05) is 43.3 Å². The molecule has 2 amide bonds. The molecule has 148 valence electrons. The number of carbonyl (C=O) groups is 2. The van der Waals surface area contributed by atoms with Crippen molar-refractivity contribution >= 4 is 12.0 Å². The average Bonchev–Trinajstić information content (AvgIpc) is 2.69. The molecule has 2 heterocycles. The molecule has 2 aromatic rings. The van der Waals surface area contributed by atoms with Crippen LogP contribution >= 0.6 is 0 Å². The Balaban J connectivity index is 1.79. The number of piperidine rings is 1. The van der Waals surface area contributed by atoms with Gasteiger partial charge in [-0.2, -0.15) is 0 Å². The third-order valence-corrected chi connectivity index (χ3v) is 5.07. The summed E-state index contributed by atoms with van der Waals surface area (Å²) >= 11 is 0. The first-order valence-electron chi connectivity index (χ1n) is 9.42. The third-order valence-electron chi connectivity index (χ3n) is 5.07. The molecule has 0 bridgehead atoms. The number of benzene rings is 1. The highest BCUT2D eigenvalue weighted by Crippen LogP contribution is 2.23. The Kier molecular flexibility index (Phi) is 6.13. The monoisotopic (exact) mass is 383 g/mol. The molecule has 1 aliphatic heterocycles.